The number of amides is 3. The summed E-state index contributed by atoms with van der Waals surface area (Å²) in [5.41, 5.74) is 2.33. The van der Waals surface area contributed by atoms with Crippen molar-refractivity contribution in [2.75, 3.05) is 25.6 Å². The van der Waals surface area contributed by atoms with Gasteiger partial charge in [-0.15, -0.1) is 0 Å². The summed E-state index contributed by atoms with van der Waals surface area (Å²) in [4.78, 5) is 50.3. The summed E-state index contributed by atoms with van der Waals surface area (Å²) in [6.45, 7) is 4.97. The molecule has 0 radical (unpaired) electrons. The number of carbonyl (C=O) groups is 4. The lowest BCUT2D eigenvalue weighted by molar-refractivity contribution is -0.150. The van der Waals surface area contributed by atoms with E-state index in [0.717, 1.165) is 22.2 Å². The minimum atomic E-state index is -1.02. The molecule has 2 aromatic carbocycles. The zero-order valence-electron chi connectivity index (χ0n) is 19.8. The minimum absolute atomic E-state index is 0.150. The SMILES string of the molecule is CCOC(=O)C(C)N1C(=O)S/C(=C/c2ccc(OCC(=O)Nc3ccc(C)cc3)c(OC)c2)C1=O. The van der Waals surface area contributed by atoms with E-state index in [1.807, 2.05) is 19.1 Å². The Morgan fingerprint density at radius 3 is 2.49 bits per heavy atom. The molecule has 3 rings (SSSR count). The number of ether oxygens (including phenoxy) is 3. The Morgan fingerprint density at radius 2 is 1.83 bits per heavy atom. The summed E-state index contributed by atoms with van der Waals surface area (Å²) in [5, 5.41) is 2.20. The van der Waals surface area contributed by atoms with Crippen molar-refractivity contribution in [3.05, 3.63) is 58.5 Å². The van der Waals surface area contributed by atoms with Crippen molar-refractivity contribution in [2.24, 2.45) is 0 Å². The van der Waals surface area contributed by atoms with E-state index in [9.17, 15) is 19.2 Å². The summed E-state index contributed by atoms with van der Waals surface area (Å²) in [6, 6.07) is 11.3. The van der Waals surface area contributed by atoms with Gasteiger partial charge in [0.25, 0.3) is 17.1 Å². The van der Waals surface area contributed by atoms with Gasteiger partial charge in [0.05, 0.1) is 18.6 Å². The van der Waals surface area contributed by atoms with Gasteiger partial charge in [0, 0.05) is 5.69 Å². The topological polar surface area (TPSA) is 111 Å². The first-order valence-corrected chi connectivity index (χ1v) is 11.7. The molecule has 0 spiro atoms. The van der Waals surface area contributed by atoms with Crippen molar-refractivity contribution < 1.29 is 33.4 Å². The average Bonchev–Trinajstić information content (AvgIpc) is 3.11. The number of benzene rings is 2. The highest BCUT2D eigenvalue weighted by atomic mass is 32.2. The Morgan fingerprint density at radius 1 is 1.11 bits per heavy atom. The van der Waals surface area contributed by atoms with Gasteiger partial charge < -0.3 is 19.5 Å². The first kappa shape index (κ1) is 25.8. The van der Waals surface area contributed by atoms with Gasteiger partial charge in [0.1, 0.15) is 6.04 Å². The van der Waals surface area contributed by atoms with Crippen molar-refractivity contribution >= 4 is 46.5 Å². The molecule has 1 aliphatic rings. The van der Waals surface area contributed by atoms with Crippen LogP contribution in [0.15, 0.2) is 47.4 Å². The van der Waals surface area contributed by atoms with Crippen LogP contribution in [0, 0.1) is 6.92 Å². The molecule has 1 fully saturated rings. The standard InChI is InChI=1S/C25H26N2O7S/c1-5-33-24(30)16(3)27-23(29)21(35-25(27)31)13-17-8-11-19(20(12-17)32-4)34-14-22(28)26-18-9-6-15(2)7-10-18/h6-13,16H,5,14H2,1-4H3,(H,26,28)/b21-13+. The van der Waals surface area contributed by atoms with Crippen LogP contribution in [-0.4, -0.2) is 54.3 Å². The van der Waals surface area contributed by atoms with Crippen LogP contribution in [-0.2, 0) is 19.1 Å². The Bertz CT molecular complexity index is 1160. The molecule has 10 heteroatoms. The predicted molar refractivity (Wildman–Crippen MR) is 132 cm³/mol. The zero-order chi connectivity index (χ0) is 25.5. The number of carbonyl (C=O) groups excluding carboxylic acids is 4. The molecule has 35 heavy (non-hydrogen) atoms. The summed E-state index contributed by atoms with van der Waals surface area (Å²) in [5.74, 6) is -0.864. The Labute approximate surface area is 207 Å². The molecule has 0 bridgehead atoms. The maximum Gasteiger partial charge on any atom is 0.329 e. The molecule has 3 amide bonds. The maximum atomic E-state index is 12.7. The highest BCUT2D eigenvalue weighted by molar-refractivity contribution is 8.18. The Kier molecular flexibility index (Phi) is 8.53. The van der Waals surface area contributed by atoms with E-state index in [0.29, 0.717) is 22.7 Å². The number of aryl methyl sites for hydroxylation is 1. The number of hydrogen-bond donors (Lipinski definition) is 1. The zero-order valence-corrected chi connectivity index (χ0v) is 20.6. The highest BCUT2D eigenvalue weighted by Gasteiger charge is 2.41. The van der Waals surface area contributed by atoms with Gasteiger partial charge in [-0.25, -0.2) is 4.79 Å². The molecule has 0 saturated carbocycles. The van der Waals surface area contributed by atoms with Crippen molar-refractivity contribution in [3.8, 4) is 11.5 Å². The van der Waals surface area contributed by atoms with E-state index >= 15 is 0 Å². The third-order valence-corrected chi connectivity index (χ3v) is 5.90. The number of imide groups is 1. The van der Waals surface area contributed by atoms with E-state index in [2.05, 4.69) is 5.32 Å². The smallest absolute Gasteiger partial charge is 0.329 e. The Hall–Kier alpha value is -3.79. The quantitative estimate of drug-likeness (QED) is 0.408. The predicted octanol–water partition coefficient (Wildman–Crippen LogP) is 4.01. The van der Waals surface area contributed by atoms with Crippen LogP contribution in [0.25, 0.3) is 6.08 Å². The maximum absolute atomic E-state index is 12.7. The van der Waals surface area contributed by atoms with Crippen molar-refractivity contribution in [2.45, 2.75) is 26.8 Å². The normalized spacial score (nSPS) is 15.2. The largest absolute Gasteiger partial charge is 0.493 e. The van der Waals surface area contributed by atoms with Gasteiger partial charge in [-0.1, -0.05) is 23.8 Å². The summed E-state index contributed by atoms with van der Waals surface area (Å²) in [6.07, 6.45) is 1.53. The molecule has 1 unspecified atom stereocenters. The van der Waals surface area contributed by atoms with Crippen molar-refractivity contribution in [3.63, 3.8) is 0 Å². The number of hydrogen-bond acceptors (Lipinski definition) is 8. The lowest BCUT2D eigenvalue weighted by Gasteiger charge is -2.19. The van der Waals surface area contributed by atoms with Gasteiger partial charge in [0.2, 0.25) is 0 Å². The molecule has 1 saturated heterocycles. The second kappa shape index (κ2) is 11.6. The molecule has 1 N–H and O–H groups in total. The summed E-state index contributed by atoms with van der Waals surface area (Å²) in [7, 11) is 1.45. The number of nitrogens with zero attached hydrogens (tertiary/aromatic N) is 1. The highest BCUT2D eigenvalue weighted by Crippen LogP contribution is 2.35. The minimum Gasteiger partial charge on any atom is -0.493 e. The molecular formula is C25H26N2O7S. The van der Waals surface area contributed by atoms with Crippen LogP contribution in [0.3, 0.4) is 0 Å². The lowest BCUT2D eigenvalue weighted by atomic mass is 10.1. The second-order valence-electron chi connectivity index (χ2n) is 7.59. The van der Waals surface area contributed by atoms with Crippen LogP contribution in [0.4, 0.5) is 10.5 Å². The molecule has 9 nitrogen and oxygen atoms in total. The number of nitrogens with one attached hydrogen (secondary N) is 1. The molecule has 1 heterocycles. The number of esters is 1. The fourth-order valence-corrected chi connectivity index (χ4v) is 4.11. The van der Waals surface area contributed by atoms with Crippen LogP contribution in [0.1, 0.15) is 25.0 Å². The third kappa shape index (κ3) is 6.42. The second-order valence-corrected chi connectivity index (χ2v) is 8.59. The average molecular weight is 499 g/mol. The van der Waals surface area contributed by atoms with Gasteiger partial charge in [-0.3, -0.25) is 19.3 Å². The number of rotatable bonds is 9. The molecule has 1 aliphatic heterocycles. The molecule has 184 valence electrons. The van der Waals surface area contributed by atoms with Crippen LogP contribution >= 0.6 is 11.8 Å². The van der Waals surface area contributed by atoms with E-state index in [1.165, 1.54) is 20.1 Å². The number of methoxy groups -OCH3 is 1. The van der Waals surface area contributed by atoms with Crippen LogP contribution in [0.5, 0.6) is 11.5 Å². The van der Waals surface area contributed by atoms with Crippen LogP contribution in [0.2, 0.25) is 0 Å². The first-order valence-electron chi connectivity index (χ1n) is 10.8. The fourth-order valence-electron chi connectivity index (χ4n) is 3.20. The van der Waals surface area contributed by atoms with Crippen LogP contribution < -0.4 is 14.8 Å². The van der Waals surface area contributed by atoms with E-state index in [1.54, 1.807) is 37.3 Å². The fraction of sp³-hybridized carbons (Fsp3) is 0.280. The van der Waals surface area contributed by atoms with Gasteiger partial charge >= 0.3 is 5.97 Å². The summed E-state index contributed by atoms with van der Waals surface area (Å²) >= 11 is 0.740. The van der Waals surface area contributed by atoms with E-state index in [4.69, 9.17) is 14.2 Å². The number of thioether (sulfide) groups is 1. The number of anilines is 1. The molecular weight excluding hydrogens is 472 g/mol. The molecule has 1 atom stereocenters. The van der Waals surface area contributed by atoms with E-state index in [-0.39, 0.29) is 24.0 Å². The Balaban J connectivity index is 1.68. The monoisotopic (exact) mass is 498 g/mol. The molecule has 0 aromatic heterocycles. The van der Waals surface area contributed by atoms with Gasteiger partial charge in [0.15, 0.2) is 18.1 Å². The van der Waals surface area contributed by atoms with Crippen molar-refractivity contribution in [1.29, 1.82) is 0 Å². The summed E-state index contributed by atoms with van der Waals surface area (Å²) < 4.78 is 15.9. The van der Waals surface area contributed by atoms with Gasteiger partial charge in [-0.05, 0) is 68.4 Å². The van der Waals surface area contributed by atoms with Gasteiger partial charge in [-0.2, -0.15) is 0 Å². The molecule has 0 aliphatic carbocycles. The van der Waals surface area contributed by atoms with Crippen molar-refractivity contribution in [1.82, 2.24) is 4.90 Å². The third-order valence-electron chi connectivity index (χ3n) is 5.02. The first-order chi connectivity index (χ1) is 16.7. The lowest BCUT2D eigenvalue weighted by Crippen LogP contribution is -2.42. The van der Waals surface area contributed by atoms with E-state index < -0.39 is 23.2 Å². The molecule has 2 aromatic rings.